The topological polar surface area (TPSA) is 52.9 Å². The summed E-state index contributed by atoms with van der Waals surface area (Å²) in [6.45, 7) is 1.79. The van der Waals surface area contributed by atoms with Crippen molar-refractivity contribution in [2.45, 2.75) is 13.0 Å². The highest BCUT2D eigenvalue weighted by atomic mass is 16.5. The van der Waals surface area contributed by atoms with E-state index in [1.807, 2.05) is 13.1 Å². The van der Waals surface area contributed by atoms with E-state index in [4.69, 9.17) is 9.84 Å². The first-order chi connectivity index (χ1) is 7.67. The van der Waals surface area contributed by atoms with Gasteiger partial charge in [-0.05, 0) is 31.2 Å². The standard InChI is InChI=1S/C12H19NO3/c1-13(6-3-7-14)9-10-4-5-12(16-2)11(15)8-10/h4-5,8,14-15H,3,6-7,9H2,1-2H3. The Morgan fingerprint density at radius 3 is 2.69 bits per heavy atom. The van der Waals surface area contributed by atoms with E-state index in [1.165, 1.54) is 7.11 Å². The van der Waals surface area contributed by atoms with E-state index in [2.05, 4.69) is 4.90 Å². The molecule has 0 radical (unpaired) electrons. The summed E-state index contributed by atoms with van der Waals surface area (Å²) in [6, 6.07) is 5.38. The number of nitrogens with zero attached hydrogens (tertiary/aromatic N) is 1. The second kappa shape index (κ2) is 6.35. The highest BCUT2D eigenvalue weighted by Gasteiger charge is 2.04. The third kappa shape index (κ3) is 3.72. The van der Waals surface area contributed by atoms with Crippen molar-refractivity contribution >= 4 is 0 Å². The van der Waals surface area contributed by atoms with Crippen molar-refractivity contribution in [2.24, 2.45) is 0 Å². The van der Waals surface area contributed by atoms with Gasteiger partial charge in [0.25, 0.3) is 0 Å². The van der Waals surface area contributed by atoms with Gasteiger partial charge in [-0.2, -0.15) is 0 Å². The fraction of sp³-hybridized carbons (Fsp3) is 0.500. The number of hydrogen-bond donors (Lipinski definition) is 2. The second-order valence-corrected chi connectivity index (χ2v) is 3.82. The van der Waals surface area contributed by atoms with Gasteiger partial charge in [0.05, 0.1) is 7.11 Å². The number of ether oxygens (including phenoxy) is 1. The van der Waals surface area contributed by atoms with Gasteiger partial charge >= 0.3 is 0 Å². The first-order valence-corrected chi connectivity index (χ1v) is 5.32. The Balaban J connectivity index is 2.57. The molecule has 0 heterocycles. The summed E-state index contributed by atoms with van der Waals surface area (Å²) >= 11 is 0. The predicted octanol–water partition coefficient (Wildman–Crippen LogP) is 1.21. The molecule has 0 spiro atoms. The zero-order chi connectivity index (χ0) is 12.0. The van der Waals surface area contributed by atoms with Crippen molar-refractivity contribution < 1.29 is 14.9 Å². The number of phenols is 1. The molecule has 0 atom stereocenters. The Morgan fingerprint density at radius 2 is 2.12 bits per heavy atom. The molecule has 2 N–H and O–H groups in total. The zero-order valence-corrected chi connectivity index (χ0v) is 9.81. The first-order valence-electron chi connectivity index (χ1n) is 5.32. The molecule has 0 saturated heterocycles. The van der Waals surface area contributed by atoms with Crippen molar-refractivity contribution in [3.05, 3.63) is 23.8 Å². The minimum atomic E-state index is 0.163. The molecule has 0 aliphatic rings. The van der Waals surface area contributed by atoms with Crippen LogP contribution in [0.5, 0.6) is 11.5 Å². The molecule has 16 heavy (non-hydrogen) atoms. The lowest BCUT2D eigenvalue weighted by Crippen LogP contribution is -2.19. The van der Waals surface area contributed by atoms with Crippen LogP contribution in [0.3, 0.4) is 0 Å². The van der Waals surface area contributed by atoms with Crippen molar-refractivity contribution in [1.29, 1.82) is 0 Å². The molecule has 0 aliphatic heterocycles. The number of methoxy groups -OCH3 is 1. The van der Waals surface area contributed by atoms with Crippen molar-refractivity contribution in [3.8, 4) is 11.5 Å². The lowest BCUT2D eigenvalue weighted by atomic mass is 10.2. The van der Waals surface area contributed by atoms with E-state index in [9.17, 15) is 5.11 Å². The van der Waals surface area contributed by atoms with E-state index in [0.29, 0.717) is 5.75 Å². The van der Waals surface area contributed by atoms with Crippen LogP contribution in [0.25, 0.3) is 0 Å². The lowest BCUT2D eigenvalue weighted by Gasteiger charge is -2.16. The monoisotopic (exact) mass is 225 g/mol. The molecular weight excluding hydrogens is 206 g/mol. The molecule has 1 rings (SSSR count). The molecule has 0 aliphatic carbocycles. The summed E-state index contributed by atoms with van der Waals surface area (Å²) in [5.74, 6) is 0.650. The zero-order valence-electron chi connectivity index (χ0n) is 9.81. The Hall–Kier alpha value is -1.26. The van der Waals surface area contributed by atoms with Gasteiger partial charge in [-0.1, -0.05) is 6.07 Å². The number of rotatable bonds is 6. The van der Waals surface area contributed by atoms with Gasteiger partial charge in [0, 0.05) is 19.7 Å². The number of aliphatic hydroxyl groups is 1. The van der Waals surface area contributed by atoms with Crippen LogP contribution in [0.15, 0.2) is 18.2 Å². The fourth-order valence-electron chi connectivity index (χ4n) is 1.57. The van der Waals surface area contributed by atoms with Crippen LogP contribution >= 0.6 is 0 Å². The molecule has 1 aromatic rings. The number of aromatic hydroxyl groups is 1. The largest absolute Gasteiger partial charge is 0.504 e. The third-order valence-electron chi connectivity index (χ3n) is 2.39. The maximum Gasteiger partial charge on any atom is 0.160 e. The van der Waals surface area contributed by atoms with Crippen molar-refractivity contribution in [3.63, 3.8) is 0 Å². The molecule has 1 aromatic carbocycles. The van der Waals surface area contributed by atoms with E-state index in [-0.39, 0.29) is 12.4 Å². The van der Waals surface area contributed by atoms with Crippen LogP contribution < -0.4 is 4.74 Å². The third-order valence-corrected chi connectivity index (χ3v) is 2.39. The summed E-state index contributed by atoms with van der Waals surface area (Å²) in [4.78, 5) is 2.09. The second-order valence-electron chi connectivity index (χ2n) is 3.82. The molecule has 0 saturated carbocycles. The summed E-state index contributed by atoms with van der Waals surface area (Å²) in [5, 5.41) is 18.3. The summed E-state index contributed by atoms with van der Waals surface area (Å²) in [5.41, 5.74) is 1.03. The van der Waals surface area contributed by atoms with Gasteiger partial charge < -0.3 is 19.8 Å². The van der Waals surface area contributed by atoms with E-state index < -0.39 is 0 Å². The Morgan fingerprint density at radius 1 is 1.38 bits per heavy atom. The predicted molar refractivity (Wildman–Crippen MR) is 62.7 cm³/mol. The molecule has 0 amide bonds. The molecule has 4 nitrogen and oxygen atoms in total. The minimum absolute atomic E-state index is 0.163. The number of phenolic OH excluding ortho intramolecular Hbond substituents is 1. The summed E-state index contributed by atoms with van der Waals surface area (Å²) < 4.78 is 4.97. The van der Waals surface area contributed by atoms with Gasteiger partial charge in [0.15, 0.2) is 11.5 Å². The maximum atomic E-state index is 9.60. The normalized spacial score (nSPS) is 10.8. The average Bonchev–Trinajstić information content (AvgIpc) is 2.26. The van der Waals surface area contributed by atoms with Gasteiger partial charge in [-0.15, -0.1) is 0 Å². The van der Waals surface area contributed by atoms with E-state index in [1.54, 1.807) is 12.1 Å². The van der Waals surface area contributed by atoms with Crippen LogP contribution in [0.4, 0.5) is 0 Å². The summed E-state index contributed by atoms with van der Waals surface area (Å²) in [6.07, 6.45) is 0.763. The minimum Gasteiger partial charge on any atom is -0.504 e. The van der Waals surface area contributed by atoms with Gasteiger partial charge in [0.1, 0.15) is 0 Å². The molecule has 0 fully saturated rings. The number of aliphatic hydroxyl groups excluding tert-OH is 1. The van der Waals surface area contributed by atoms with Crippen LogP contribution in [-0.4, -0.2) is 42.4 Å². The van der Waals surface area contributed by atoms with E-state index >= 15 is 0 Å². The number of hydrogen-bond acceptors (Lipinski definition) is 4. The lowest BCUT2D eigenvalue weighted by molar-refractivity contribution is 0.244. The number of benzene rings is 1. The van der Waals surface area contributed by atoms with Crippen LogP contribution in [0.2, 0.25) is 0 Å². The Labute approximate surface area is 96.1 Å². The Kier molecular flexibility index (Phi) is 5.08. The molecule has 0 bridgehead atoms. The van der Waals surface area contributed by atoms with Gasteiger partial charge in [0.2, 0.25) is 0 Å². The van der Waals surface area contributed by atoms with Crippen LogP contribution in [-0.2, 0) is 6.54 Å². The fourth-order valence-corrected chi connectivity index (χ4v) is 1.57. The average molecular weight is 225 g/mol. The van der Waals surface area contributed by atoms with Crippen molar-refractivity contribution in [2.75, 3.05) is 27.3 Å². The van der Waals surface area contributed by atoms with Crippen molar-refractivity contribution in [1.82, 2.24) is 4.90 Å². The van der Waals surface area contributed by atoms with Gasteiger partial charge in [-0.25, -0.2) is 0 Å². The SMILES string of the molecule is COc1ccc(CN(C)CCCO)cc1O. The molecular formula is C12H19NO3. The molecule has 4 heteroatoms. The van der Waals surface area contributed by atoms with E-state index in [0.717, 1.165) is 25.1 Å². The Bertz CT molecular complexity index is 328. The smallest absolute Gasteiger partial charge is 0.160 e. The molecule has 90 valence electrons. The summed E-state index contributed by atoms with van der Waals surface area (Å²) in [7, 11) is 3.51. The van der Waals surface area contributed by atoms with Crippen LogP contribution in [0.1, 0.15) is 12.0 Å². The maximum absolute atomic E-state index is 9.60. The quantitative estimate of drug-likeness (QED) is 0.764. The molecule has 0 unspecified atom stereocenters. The van der Waals surface area contributed by atoms with Crippen LogP contribution in [0, 0.1) is 0 Å². The highest BCUT2D eigenvalue weighted by molar-refractivity contribution is 5.41. The first kappa shape index (κ1) is 12.8. The highest BCUT2D eigenvalue weighted by Crippen LogP contribution is 2.26. The molecule has 0 aromatic heterocycles. The van der Waals surface area contributed by atoms with Gasteiger partial charge in [-0.3, -0.25) is 0 Å².